The first-order valence-corrected chi connectivity index (χ1v) is 9.41. The molecule has 0 aliphatic carbocycles. The summed E-state index contributed by atoms with van der Waals surface area (Å²) in [6.07, 6.45) is 1.78. The van der Waals surface area contributed by atoms with Gasteiger partial charge in [-0.2, -0.15) is 0 Å². The van der Waals surface area contributed by atoms with E-state index in [-0.39, 0.29) is 5.78 Å². The Balaban J connectivity index is 1.53. The summed E-state index contributed by atoms with van der Waals surface area (Å²) in [5.41, 5.74) is 2.43. The molecule has 27 heavy (non-hydrogen) atoms. The molecule has 1 aliphatic rings. The zero-order chi connectivity index (χ0) is 18.8. The number of benzene rings is 2. The van der Waals surface area contributed by atoms with Crippen LogP contribution in [0.3, 0.4) is 0 Å². The molecule has 4 rings (SSSR count). The molecule has 0 unspecified atom stereocenters. The van der Waals surface area contributed by atoms with Crippen LogP contribution in [-0.2, 0) is 6.61 Å². The van der Waals surface area contributed by atoms with E-state index in [1.54, 1.807) is 30.6 Å². The van der Waals surface area contributed by atoms with E-state index in [0.717, 1.165) is 21.8 Å². The number of methoxy groups -OCH3 is 1. The lowest BCUT2D eigenvalue weighted by Crippen LogP contribution is -1.98. The predicted molar refractivity (Wildman–Crippen MR) is 106 cm³/mol. The Labute approximate surface area is 161 Å². The first-order chi connectivity index (χ1) is 13.2. The summed E-state index contributed by atoms with van der Waals surface area (Å²) >= 11 is 1.56. The number of rotatable bonds is 5. The van der Waals surface area contributed by atoms with E-state index < -0.39 is 0 Å². The summed E-state index contributed by atoms with van der Waals surface area (Å²) in [4.78, 5) is 13.6. The highest BCUT2D eigenvalue weighted by atomic mass is 32.1. The largest absolute Gasteiger partial charge is 0.497 e. The molecule has 0 saturated heterocycles. The van der Waals surface area contributed by atoms with E-state index in [0.29, 0.717) is 29.4 Å². The van der Waals surface area contributed by atoms with Crippen molar-refractivity contribution in [3.05, 3.63) is 81.2 Å². The molecule has 136 valence electrons. The van der Waals surface area contributed by atoms with Gasteiger partial charge in [0.15, 0.2) is 5.76 Å². The lowest BCUT2D eigenvalue weighted by Gasteiger charge is -2.11. The number of carbonyl (C=O) groups is 1. The zero-order valence-corrected chi connectivity index (χ0v) is 15.8. The van der Waals surface area contributed by atoms with Gasteiger partial charge in [0.1, 0.15) is 23.9 Å². The van der Waals surface area contributed by atoms with Crippen LogP contribution in [0.5, 0.6) is 17.2 Å². The van der Waals surface area contributed by atoms with Crippen LogP contribution >= 0.6 is 11.3 Å². The lowest BCUT2D eigenvalue weighted by molar-refractivity contribution is 0.101. The second-order valence-electron chi connectivity index (χ2n) is 6.16. The fourth-order valence-electron chi connectivity index (χ4n) is 2.91. The quantitative estimate of drug-likeness (QED) is 0.568. The maximum atomic E-state index is 12.6. The van der Waals surface area contributed by atoms with Crippen LogP contribution in [0.2, 0.25) is 0 Å². The zero-order valence-electron chi connectivity index (χ0n) is 15.0. The van der Waals surface area contributed by atoms with E-state index in [2.05, 4.69) is 0 Å². The molecule has 0 radical (unpaired) electrons. The van der Waals surface area contributed by atoms with E-state index in [4.69, 9.17) is 14.2 Å². The molecule has 2 heterocycles. The maximum Gasteiger partial charge on any atom is 0.232 e. The fourth-order valence-corrected chi connectivity index (χ4v) is 3.56. The van der Waals surface area contributed by atoms with E-state index in [1.165, 1.54) is 0 Å². The smallest absolute Gasteiger partial charge is 0.232 e. The second-order valence-corrected chi connectivity index (χ2v) is 7.14. The van der Waals surface area contributed by atoms with Gasteiger partial charge in [0.2, 0.25) is 5.78 Å². The van der Waals surface area contributed by atoms with E-state index in [9.17, 15) is 4.79 Å². The van der Waals surface area contributed by atoms with Crippen LogP contribution in [0.1, 0.15) is 26.4 Å². The van der Waals surface area contributed by atoms with Gasteiger partial charge in [-0.05, 0) is 48.2 Å². The van der Waals surface area contributed by atoms with Gasteiger partial charge in [-0.3, -0.25) is 4.79 Å². The van der Waals surface area contributed by atoms with Crippen LogP contribution in [0.15, 0.2) is 59.7 Å². The molecule has 0 atom stereocenters. The number of allylic oxidation sites excluding steroid dienone is 1. The number of ether oxygens (including phenoxy) is 3. The SMILES string of the molecule is COc1ccc(COc2ccc3c(c2C)O/C(=C\c2cccs2)C3=O)cc1. The third-order valence-electron chi connectivity index (χ3n) is 4.41. The molecule has 0 spiro atoms. The molecule has 5 heteroatoms. The second kappa shape index (κ2) is 7.29. The van der Waals surface area contributed by atoms with Crippen molar-refractivity contribution in [3.63, 3.8) is 0 Å². The van der Waals surface area contributed by atoms with Crippen molar-refractivity contribution in [2.75, 3.05) is 7.11 Å². The van der Waals surface area contributed by atoms with Gasteiger partial charge in [0.05, 0.1) is 12.7 Å². The summed E-state index contributed by atoms with van der Waals surface area (Å²) in [6, 6.07) is 15.2. The summed E-state index contributed by atoms with van der Waals surface area (Å²) in [5.74, 6) is 2.35. The normalized spacial score (nSPS) is 14.1. The Hall–Kier alpha value is -3.05. The van der Waals surface area contributed by atoms with Crippen LogP contribution in [0, 0.1) is 6.92 Å². The van der Waals surface area contributed by atoms with Gasteiger partial charge in [-0.1, -0.05) is 18.2 Å². The number of fused-ring (bicyclic) bond motifs is 1. The summed E-state index contributed by atoms with van der Waals surface area (Å²) in [5, 5.41) is 1.97. The average molecular weight is 378 g/mol. The molecule has 0 saturated carbocycles. The molecule has 0 N–H and O–H groups in total. The Morgan fingerprint density at radius 2 is 1.93 bits per heavy atom. The first kappa shape index (κ1) is 17.4. The van der Waals surface area contributed by atoms with Crippen LogP contribution < -0.4 is 14.2 Å². The predicted octanol–water partition coefficient (Wildman–Crippen LogP) is 5.26. The number of carbonyl (C=O) groups excluding carboxylic acids is 1. The minimum Gasteiger partial charge on any atom is -0.497 e. The van der Waals surface area contributed by atoms with Gasteiger partial charge in [0, 0.05) is 16.5 Å². The van der Waals surface area contributed by atoms with Gasteiger partial charge >= 0.3 is 0 Å². The Morgan fingerprint density at radius 1 is 1.11 bits per heavy atom. The van der Waals surface area contributed by atoms with Crippen molar-refractivity contribution >= 4 is 23.2 Å². The Morgan fingerprint density at radius 3 is 2.63 bits per heavy atom. The topological polar surface area (TPSA) is 44.8 Å². The van der Waals surface area contributed by atoms with Crippen molar-refractivity contribution in [2.45, 2.75) is 13.5 Å². The van der Waals surface area contributed by atoms with Gasteiger partial charge in [-0.15, -0.1) is 11.3 Å². The molecule has 4 nitrogen and oxygen atoms in total. The number of hydrogen-bond acceptors (Lipinski definition) is 5. The van der Waals surface area contributed by atoms with Crippen molar-refractivity contribution in [1.29, 1.82) is 0 Å². The van der Waals surface area contributed by atoms with Gasteiger partial charge in [0.25, 0.3) is 0 Å². The molecular weight excluding hydrogens is 360 g/mol. The minimum absolute atomic E-state index is 0.0943. The van der Waals surface area contributed by atoms with Crippen molar-refractivity contribution in [3.8, 4) is 17.2 Å². The molecule has 1 aliphatic heterocycles. The Kier molecular flexibility index (Phi) is 4.69. The highest BCUT2D eigenvalue weighted by Crippen LogP contribution is 2.39. The van der Waals surface area contributed by atoms with Gasteiger partial charge in [-0.25, -0.2) is 0 Å². The number of Topliss-reactive ketones (excluding diaryl/α,β-unsaturated/α-hetero) is 1. The highest BCUT2D eigenvalue weighted by molar-refractivity contribution is 7.10. The summed E-state index contributed by atoms with van der Waals surface area (Å²) < 4.78 is 17.0. The molecule has 0 fully saturated rings. The molecule has 3 aromatic rings. The average Bonchev–Trinajstić information content (AvgIpc) is 3.31. The summed E-state index contributed by atoms with van der Waals surface area (Å²) in [7, 11) is 1.64. The van der Waals surface area contributed by atoms with Crippen LogP contribution in [0.25, 0.3) is 6.08 Å². The molecule has 1 aromatic heterocycles. The number of hydrogen-bond donors (Lipinski definition) is 0. The number of thiophene rings is 1. The third-order valence-corrected chi connectivity index (χ3v) is 5.23. The lowest BCUT2D eigenvalue weighted by atomic mass is 10.1. The van der Waals surface area contributed by atoms with Crippen LogP contribution in [0.4, 0.5) is 0 Å². The van der Waals surface area contributed by atoms with E-state index >= 15 is 0 Å². The molecule has 0 amide bonds. The van der Waals surface area contributed by atoms with E-state index in [1.807, 2.05) is 54.8 Å². The highest BCUT2D eigenvalue weighted by Gasteiger charge is 2.30. The molecule has 2 aromatic carbocycles. The standard InChI is InChI=1S/C22H18O4S/c1-14-19(25-13-15-5-7-16(24-2)8-6-15)10-9-18-21(23)20(26-22(14)18)12-17-4-3-11-27-17/h3-12H,13H2,1-2H3/b20-12-. The van der Waals surface area contributed by atoms with Crippen molar-refractivity contribution in [1.82, 2.24) is 0 Å². The minimum atomic E-state index is -0.0943. The fraction of sp³-hybridized carbons (Fsp3) is 0.136. The third kappa shape index (κ3) is 3.46. The maximum absolute atomic E-state index is 12.6. The van der Waals surface area contributed by atoms with Gasteiger partial charge < -0.3 is 14.2 Å². The summed E-state index contributed by atoms with van der Waals surface area (Å²) in [6.45, 7) is 2.33. The van der Waals surface area contributed by atoms with Crippen LogP contribution in [-0.4, -0.2) is 12.9 Å². The molecular formula is C22H18O4S. The Bertz CT molecular complexity index is 1000. The monoisotopic (exact) mass is 378 g/mol. The first-order valence-electron chi connectivity index (χ1n) is 8.53. The van der Waals surface area contributed by atoms with Crippen molar-refractivity contribution in [2.24, 2.45) is 0 Å². The molecule has 0 bridgehead atoms. The number of ketones is 1. The van der Waals surface area contributed by atoms with Crippen molar-refractivity contribution < 1.29 is 19.0 Å².